The molecule has 0 amide bonds. The number of phenolic OH excluding ortho intramolecular Hbond substituents is 1. The van der Waals surface area contributed by atoms with Crippen molar-refractivity contribution in [2.24, 2.45) is 0 Å². The maximum absolute atomic E-state index is 12.9. The summed E-state index contributed by atoms with van der Waals surface area (Å²) in [5, 5.41) is 9.27. The van der Waals surface area contributed by atoms with Gasteiger partial charge in [0.1, 0.15) is 11.6 Å². The Morgan fingerprint density at radius 2 is 1.60 bits per heavy atom. The topological polar surface area (TPSA) is 20.2 Å². The molecule has 0 saturated carbocycles. The molecule has 0 aliphatic carbocycles. The molecule has 2 rings (SSSR count). The number of halogens is 4. The maximum Gasteiger partial charge on any atom is 0.417 e. The summed E-state index contributed by atoms with van der Waals surface area (Å²) in [5.74, 6) is -1.10. The highest BCUT2D eigenvalue weighted by molar-refractivity contribution is 5.69. The Hall–Kier alpha value is -2.04. The van der Waals surface area contributed by atoms with Crippen LogP contribution in [0.15, 0.2) is 42.5 Å². The second-order valence-corrected chi connectivity index (χ2v) is 3.74. The number of hydrogen-bond donors (Lipinski definition) is 1. The Bertz CT molecular complexity index is 576. The summed E-state index contributed by atoms with van der Waals surface area (Å²) in [6.45, 7) is 4.00. The van der Waals surface area contributed by atoms with Crippen LogP contribution >= 0.6 is 0 Å². The number of benzene rings is 2. The van der Waals surface area contributed by atoms with Gasteiger partial charge in [-0.25, -0.2) is 4.39 Å². The van der Waals surface area contributed by atoms with E-state index in [4.69, 9.17) is 0 Å². The van der Waals surface area contributed by atoms with Gasteiger partial charge in [-0.15, -0.1) is 0 Å². The highest BCUT2D eigenvalue weighted by Crippen LogP contribution is 2.38. The van der Waals surface area contributed by atoms with Crippen LogP contribution in [0.5, 0.6) is 5.75 Å². The zero-order valence-electron chi connectivity index (χ0n) is 11.0. The molecule has 0 spiro atoms. The summed E-state index contributed by atoms with van der Waals surface area (Å²) in [7, 11) is 0. The van der Waals surface area contributed by atoms with Crippen LogP contribution in [0.1, 0.15) is 19.4 Å². The molecule has 0 radical (unpaired) electrons. The zero-order valence-corrected chi connectivity index (χ0v) is 11.0. The molecule has 0 saturated heterocycles. The van der Waals surface area contributed by atoms with Crippen molar-refractivity contribution in [2.75, 3.05) is 0 Å². The van der Waals surface area contributed by atoms with Crippen molar-refractivity contribution in [3.63, 3.8) is 0 Å². The van der Waals surface area contributed by atoms with Crippen molar-refractivity contribution in [3.05, 3.63) is 53.8 Å². The molecule has 20 heavy (non-hydrogen) atoms. The summed E-state index contributed by atoms with van der Waals surface area (Å²) in [6, 6.07) is 7.83. The van der Waals surface area contributed by atoms with Crippen molar-refractivity contribution < 1.29 is 22.7 Å². The first-order valence-electron chi connectivity index (χ1n) is 6.04. The van der Waals surface area contributed by atoms with E-state index in [1.807, 2.05) is 13.8 Å². The average Bonchev–Trinajstić information content (AvgIpc) is 2.40. The van der Waals surface area contributed by atoms with Crippen LogP contribution in [0.25, 0.3) is 11.1 Å². The van der Waals surface area contributed by atoms with E-state index in [9.17, 15) is 22.7 Å². The van der Waals surface area contributed by atoms with Crippen LogP contribution in [-0.2, 0) is 6.18 Å². The summed E-state index contributed by atoms with van der Waals surface area (Å²) >= 11 is 0. The Morgan fingerprint density at radius 3 is 2.15 bits per heavy atom. The molecule has 5 heteroatoms. The Kier molecular flexibility index (Phi) is 5.13. The van der Waals surface area contributed by atoms with E-state index >= 15 is 0 Å². The van der Waals surface area contributed by atoms with Gasteiger partial charge in [0.2, 0.25) is 0 Å². The molecule has 0 aliphatic heterocycles. The fourth-order valence-electron chi connectivity index (χ4n) is 1.68. The van der Waals surface area contributed by atoms with Crippen LogP contribution in [0.3, 0.4) is 0 Å². The van der Waals surface area contributed by atoms with Crippen molar-refractivity contribution in [3.8, 4) is 16.9 Å². The first-order valence-corrected chi connectivity index (χ1v) is 6.04. The van der Waals surface area contributed by atoms with Crippen LogP contribution in [-0.4, -0.2) is 5.11 Å². The highest BCUT2D eigenvalue weighted by Gasteiger charge is 2.34. The van der Waals surface area contributed by atoms with Gasteiger partial charge < -0.3 is 5.11 Å². The first-order chi connectivity index (χ1) is 9.38. The zero-order chi connectivity index (χ0) is 15.3. The Balaban J connectivity index is 0.000000956. The van der Waals surface area contributed by atoms with Crippen molar-refractivity contribution >= 4 is 0 Å². The number of hydrogen-bond acceptors (Lipinski definition) is 1. The lowest BCUT2D eigenvalue weighted by Crippen LogP contribution is -2.07. The van der Waals surface area contributed by atoms with Crippen molar-refractivity contribution in [1.82, 2.24) is 0 Å². The summed E-state index contributed by atoms with van der Waals surface area (Å²) in [6.07, 6.45) is -4.65. The predicted molar refractivity (Wildman–Crippen MR) is 69.9 cm³/mol. The van der Waals surface area contributed by atoms with Crippen LogP contribution in [0, 0.1) is 5.82 Å². The highest BCUT2D eigenvalue weighted by atomic mass is 19.4. The number of rotatable bonds is 1. The first kappa shape index (κ1) is 16.0. The lowest BCUT2D eigenvalue weighted by Gasteiger charge is -2.13. The molecule has 0 aromatic heterocycles. The Morgan fingerprint density at radius 1 is 0.950 bits per heavy atom. The normalized spacial score (nSPS) is 10.7. The molecule has 1 N–H and O–H groups in total. The minimum Gasteiger partial charge on any atom is -0.508 e. The molecular weight excluding hydrogens is 272 g/mol. The van der Waals surface area contributed by atoms with Crippen LogP contribution in [0.2, 0.25) is 0 Å². The van der Waals surface area contributed by atoms with Gasteiger partial charge in [0.15, 0.2) is 0 Å². The molecule has 108 valence electrons. The van der Waals surface area contributed by atoms with Gasteiger partial charge in [0.05, 0.1) is 5.56 Å². The van der Waals surface area contributed by atoms with Gasteiger partial charge in [-0.05, 0) is 35.4 Å². The van der Waals surface area contributed by atoms with E-state index in [2.05, 4.69) is 0 Å². The van der Waals surface area contributed by atoms with E-state index in [0.717, 1.165) is 12.1 Å². The minimum absolute atomic E-state index is 0.148. The summed E-state index contributed by atoms with van der Waals surface area (Å²) in [4.78, 5) is 0. The Labute approximate surface area is 114 Å². The van der Waals surface area contributed by atoms with Gasteiger partial charge in [-0.3, -0.25) is 0 Å². The molecule has 0 unspecified atom stereocenters. The van der Waals surface area contributed by atoms with E-state index in [1.54, 1.807) is 0 Å². The monoisotopic (exact) mass is 286 g/mol. The standard InChI is InChI=1S/C13H8F4O.C2H6/c14-9-4-5-11(12(7-9)13(15,16)17)8-2-1-3-10(18)6-8;1-2/h1-7,18H;1-2H3. The largest absolute Gasteiger partial charge is 0.508 e. The van der Waals surface area contributed by atoms with E-state index < -0.39 is 17.6 Å². The minimum atomic E-state index is -4.65. The lowest BCUT2D eigenvalue weighted by atomic mass is 9.99. The van der Waals surface area contributed by atoms with Gasteiger partial charge >= 0.3 is 6.18 Å². The molecular formula is C15H14F4O. The molecule has 0 heterocycles. The van der Waals surface area contributed by atoms with Crippen LogP contribution in [0.4, 0.5) is 17.6 Å². The number of phenols is 1. The number of alkyl halides is 3. The molecule has 0 bridgehead atoms. The maximum atomic E-state index is 12.9. The number of aromatic hydroxyl groups is 1. The second-order valence-electron chi connectivity index (χ2n) is 3.74. The van der Waals surface area contributed by atoms with Crippen molar-refractivity contribution in [2.45, 2.75) is 20.0 Å². The van der Waals surface area contributed by atoms with Gasteiger partial charge in [-0.1, -0.05) is 32.0 Å². The molecule has 0 aliphatic rings. The fourth-order valence-corrected chi connectivity index (χ4v) is 1.68. The summed E-state index contributed by atoms with van der Waals surface area (Å²) in [5.41, 5.74) is -1.05. The third-order valence-corrected chi connectivity index (χ3v) is 2.44. The molecule has 2 aromatic carbocycles. The average molecular weight is 286 g/mol. The molecule has 0 fully saturated rings. The second kappa shape index (κ2) is 6.41. The van der Waals surface area contributed by atoms with E-state index in [-0.39, 0.29) is 16.9 Å². The SMILES string of the molecule is CC.Oc1cccc(-c2ccc(F)cc2C(F)(F)F)c1. The molecule has 0 atom stereocenters. The van der Waals surface area contributed by atoms with Gasteiger partial charge in [0.25, 0.3) is 0 Å². The third kappa shape index (κ3) is 3.73. The van der Waals surface area contributed by atoms with Gasteiger partial charge in [0, 0.05) is 0 Å². The van der Waals surface area contributed by atoms with E-state index in [1.165, 1.54) is 24.3 Å². The smallest absolute Gasteiger partial charge is 0.417 e. The predicted octanol–water partition coefficient (Wildman–Crippen LogP) is 5.24. The molecule has 2 aromatic rings. The quantitative estimate of drug-likeness (QED) is 0.710. The summed E-state index contributed by atoms with van der Waals surface area (Å²) < 4.78 is 51.3. The van der Waals surface area contributed by atoms with Crippen LogP contribution < -0.4 is 0 Å². The third-order valence-electron chi connectivity index (χ3n) is 2.44. The van der Waals surface area contributed by atoms with Gasteiger partial charge in [-0.2, -0.15) is 13.2 Å². The van der Waals surface area contributed by atoms with Crippen molar-refractivity contribution in [1.29, 1.82) is 0 Å². The fraction of sp³-hybridized carbons (Fsp3) is 0.200. The van der Waals surface area contributed by atoms with E-state index in [0.29, 0.717) is 6.07 Å². The molecule has 1 nitrogen and oxygen atoms in total. The lowest BCUT2D eigenvalue weighted by molar-refractivity contribution is -0.137.